The van der Waals surface area contributed by atoms with Crippen molar-refractivity contribution in [1.29, 1.82) is 0 Å². The summed E-state index contributed by atoms with van der Waals surface area (Å²) in [6, 6.07) is 15.4. The van der Waals surface area contributed by atoms with E-state index in [4.69, 9.17) is 16.3 Å². The Hall–Kier alpha value is -1.80. The molecule has 0 bridgehead atoms. The van der Waals surface area contributed by atoms with E-state index >= 15 is 0 Å². The Morgan fingerprint density at radius 3 is 2.59 bits per heavy atom. The standard InChI is InChI=1S/C14H10ClNO/c15-11-7-5-10(6-8-11)14-9-16-12-3-1-2-4-13(12)17-14/h1-9,14H. The summed E-state index contributed by atoms with van der Waals surface area (Å²) < 4.78 is 5.87. The number of nitrogens with zero attached hydrogens (tertiary/aromatic N) is 1. The highest BCUT2D eigenvalue weighted by atomic mass is 35.5. The highest BCUT2D eigenvalue weighted by Gasteiger charge is 2.16. The third kappa shape index (κ3) is 2.04. The Kier molecular flexibility index (Phi) is 2.57. The lowest BCUT2D eigenvalue weighted by atomic mass is 10.1. The predicted molar refractivity (Wildman–Crippen MR) is 69.4 cm³/mol. The van der Waals surface area contributed by atoms with Gasteiger partial charge in [-0.1, -0.05) is 35.9 Å². The van der Waals surface area contributed by atoms with Crippen LogP contribution in [0.25, 0.3) is 0 Å². The minimum Gasteiger partial charge on any atom is -0.478 e. The van der Waals surface area contributed by atoms with Crippen LogP contribution in [-0.2, 0) is 0 Å². The Morgan fingerprint density at radius 1 is 1.00 bits per heavy atom. The number of hydrogen-bond donors (Lipinski definition) is 0. The summed E-state index contributed by atoms with van der Waals surface area (Å²) in [6.45, 7) is 0. The predicted octanol–water partition coefficient (Wildman–Crippen LogP) is 4.18. The lowest BCUT2D eigenvalue weighted by Gasteiger charge is -2.20. The quantitative estimate of drug-likeness (QED) is 0.736. The van der Waals surface area contributed by atoms with E-state index in [0.717, 1.165) is 22.0 Å². The van der Waals surface area contributed by atoms with Gasteiger partial charge in [0, 0.05) is 5.02 Å². The van der Waals surface area contributed by atoms with Gasteiger partial charge >= 0.3 is 0 Å². The Labute approximate surface area is 105 Å². The Balaban J connectivity index is 1.92. The van der Waals surface area contributed by atoms with Crippen molar-refractivity contribution in [2.45, 2.75) is 6.10 Å². The number of hydrogen-bond acceptors (Lipinski definition) is 2. The van der Waals surface area contributed by atoms with Crippen LogP contribution < -0.4 is 4.74 Å². The number of halogens is 1. The van der Waals surface area contributed by atoms with Crippen LogP contribution >= 0.6 is 11.6 Å². The molecule has 1 heterocycles. The summed E-state index contributed by atoms with van der Waals surface area (Å²) in [6.07, 6.45) is 1.67. The molecule has 2 aromatic carbocycles. The molecule has 2 aromatic rings. The molecular weight excluding hydrogens is 234 g/mol. The van der Waals surface area contributed by atoms with E-state index < -0.39 is 0 Å². The van der Waals surface area contributed by atoms with Crippen molar-refractivity contribution in [2.24, 2.45) is 4.99 Å². The molecule has 84 valence electrons. The van der Waals surface area contributed by atoms with Crippen LogP contribution in [0.4, 0.5) is 5.69 Å². The van der Waals surface area contributed by atoms with E-state index in [-0.39, 0.29) is 6.10 Å². The minimum absolute atomic E-state index is 0.137. The zero-order valence-electron chi connectivity index (χ0n) is 9.01. The van der Waals surface area contributed by atoms with Gasteiger partial charge in [-0.15, -0.1) is 0 Å². The van der Waals surface area contributed by atoms with E-state index in [1.54, 1.807) is 0 Å². The second-order valence-electron chi connectivity index (χ2n) is 3.84. The van der Waals surface area contributed by atoms with Gasteiger partial charge in [-0.25, -0.2) is 0 Å². The van der Waals surface area contributed by atoms with Crippen LogP contribution in [-0.4, -0.2) is 6.21 Å². The van der Waals surface area contributed by atoms with Crippen molar-refractivity contribution in [3.05, 3.63) is 59.1 Å². The highest BCUT2D eigenvalue weighted by molar-refractivity contribution is 6.30. The molecule has 17 heavy (non-hydrogen) atoms. The van der Waals surface area contributed by atoms with E-state index in [2.05, 4.69) is 4.99 Å². The molecule has 1 aliphatic heterocycles. The fourth-order valence-corrected chi connectivity index (χ4v) is 1.91. The van der Waals surface area contributed by atoms with Gasteiger partial charge in [0.15, 0.2) is 6.10 Å². The SMILES string of the molecule is Clc1ccc(C2C=Nc3ccccc3O2)cc1. The molecule has 0 aromatic heterocycles. The van der Waals surface area contributed by atoms with Crippen molar-refractivity contribution in [2.75, 3.05) is 0 Å². The molecule has 1 aliphatic rings. The molecule has 2 nitrogen and oxygen atoms in total. The molecule has 0 amide bonds. The molecule has 1 atom stereocenters. The van der Waals surface area contributed by atoms with Crippen LogP contribution in [0.1, 0.15) is 11.7 Å². The second kappa shape index (κ2) is 4.22. The maximum atomic E-state index is 5.87. The van der Waals surface area contributed by atoms with Gasteiger partial charge in [0.05, 0.1) is 6.21 Å². The molecule has 3 rings (SSSR count). The van der Waals surface area contributed by atoms with Crippen molar-refractivity contribution in [3.8, 4) is 5.75 Å². The normalized spacial score (nSPS) is 17.4. The van der Waals surface area contributed by atoms with Gasteiger partial charge in [-0.3, -0.25) is 4.99 Å². The number of fused-ring (bicyclic) bond motifs is 1. The van der Waals surface area contributed by atoms with Crippen LogP contribution in [0.3, 0.4) is 0 Å². The topological polar surface area (TPSA) is 21.6 Å². The van der Waals surface area contributed by atoms with Crippen molar-refractivity contribution in [3.63, 3.8) is 0 Å². The monoisotopic (exact) mass is 243 g/mol. The zero-order chi connectivity index (χ0) is 11.7. The van der Waals surface area contributed by atoms with Gasteiger partial charge in [-0.05, 0) is 29.8 Å². The molecule has 0 saturated heterocycles. The van der Waals surface area contributed by atoms with Crippen molar-refractivity contribution in [1.82, 2.24) is 0 Å². The zero-order valence-corrected chi connectivity index (χ0v) is 9.76. The fourth-order valence-electron chi connectivity index (χ4n) is 1.79. The van der Waals surface area contributed by atoms with E-state index in [1.807, 2.05) is 54.7 Å². The van der Waals surface area contributed by atoms with Gasteiger partial charge in [0.1, 0.15) is 11.4 Å². The van der Waals surface area contributed by atoms with Crippen LogP contribution in [0, 0.1) is 0 Å². The minimum atomic E-state index is -0.137. The average Bonchev–Trinajstić information content (AvgIpc) is 2.39. The average molecular weight is 244 g/mol. The number of benzene rings is 2. The first-order valence-corrected chi connectivity index (χ1v) is 5.76. The summed E-state index contributed by atoms with van der Waals surface area (Å²) in [5.41, 5.74) is 1.92. The highest BCUT2D eigenvalue weighted by Crippen LogP contribution is 2.34. The van der Waals surface area contributed by atoms with Crippen LogP contribution in [0.15, 0.2) is 53.5 Å². The lowest BCUT2D eigenvalue weighted by molar-refractivity contribution is 0.275. The Morgan fingerprint density at radius 2 is 1.76 bits per heavy atom. The van der Waals surface area contributed by atoms with Gasteiger partial charge in [-0.2, -0.15) is 0 Å². The van der Waals surface area contributed by atoms with Gasteiger partial charge in [0.2, 0.25) is 0 Å². The van der Waals surface area contributed by atoms with E-state index in [9.17, 15) is 0 Å². The van der Waals surface area contributed by atoms with E-state index in [0.29, 0.717) is 0 Å². The smallest absolute Gasteiger partial charge is 0.159 e. The maximum absolute atomic E-state index is 5.87. The van der Waals surface area contributed by atoms with Crippen molar-refractivity contribution < 1.29 is 4.74 Å². The molecule has 0 aliphatic carbocycles. The summed E-state index contributed by atoms with van der Waals surface area (Å²) >= 11 is 5.86. The molecular formula is C14H10ClNO. The molecule has 1 unspecified atom stereocenters. The fraction of sp³-hybridized carbons (Fsp3) is 0.0714. The summed E-state index contributed by atoms with van der Waals surface area (Å²) in [5.74, 6) is 0.815. The third-order valence-corrected chi connectivity index (χ3v) is 2.92. The number of para-hydroxylation sites is 2. The van der Waals surface area contributed by atoms with E-state index in [1.165, 1.54) is 0 Å². The molecule has 0 fully saturated rings. The van der Waals surface area contributed by atoms with Gasteiger partial charge in [0.25, 0.3) is 0 Å². The molecule has 0 saturated carbocycles. The first-order chi connectivity index (χ1) is 8.33. The summed E-state index contributed by atoms with van der Waals surface area (Å²) in [5, 5.41) is 0.724. The van der Waals surface area contributed by atoms with Crippen molar-refractivity contribution >= 4 is 23.5 Å². The number of aliphatic imine (C=N–C) groups is 1. The summed E-state index contributed by atoms with van der Waals surface area (Å²) in [7, 11) is 0. The molecule has 0 radical (unpaired) electrons. The summed E-state index contributed by atoms with van der Waals surface area (Å²) in [4.78, 5) is 4.39. The maximum Gasteiger partial charge on any atom is 0.159 e. The molecule has 3 heteroatoms. The first-order valence-electron chi connectivity index (χ1n) is 5.38. The number of rotatable bonds is 1. The van der Waals surface area contributed by atoms with Crippen LogP contribution in [0.5, 0.6) is 5.75 Å². The number of ether oxygens (including phenoxy) is 1. The molecule has 0 N–H and O–H groups in total. The largest absolute Gasteiger partial charge is 0.478 e. The molecule has 0 spiro atoms. The van der Waals surface area contributed by atoms with Gasteiger partial charge < -0.3 is 4.74 Å². The van der Waals surface area contributed by atoms with Crippen LogP contribution in [0.2, 0.25) is 5.02 Å². The second-order valence-corrected chi connectivity index (χ2v) is 4.27. The first kappa shape index (κ1) is 10.4. The Bertz CT molecular complexity index is 563. The third-order valence-electron chi connectivity index (χ3n) is 2.67. The lowest BCUT2D eigenvalue weighted by Crippen LogP contribution is -2.11.